The number of aliphatic hydroxyl groups is 1. The first kappa shape index (κ1) is 12.8. The lowest BCUT2D eigenvalue weighted by Crippen LogP contribution is -2.10. The molecule has 1 rings (SSSR count). The second kappa shape index (κ2) is 5.17. The minimum atomic E-state index is 0.0767. The van der Waals surface area contributed by atoms with E-state index < -0.39 is 0 Å². The van der Waals surface area contributed by atoms with Gasteiger partial charge in [-0.15, -0.1) is 0 Å². The zero-order valence-corrected chi connectivity index (χ0v) is 10.2. The largest absolute Gasteiger partial charge is 0.507 e. The van der Waals surface area contributed by atoms with Gasteiger partial charge in [-0.1, -0.05) is 39.0 Å². The summed E-state index contributed by atoms with van der Waals surface area (Å²) >= 11 is 0. The van der Waals surface area contributed by atoms with Crippen LogP contribution in [-0.2, 0) is 5.41 Å². The number of hydrogen-bond donors (Lipinski definition) is 2. The number of hydrogen-bond acceptors (Lipinski definition) is 2. The number of phenols is 1. The molecule has 0 fully saturated rings. The van der Waals surface area contributed by atoms with Crippen molar-refractivity contribution in [2.24, 2.45) is 0 Å². The first-order chi connectivity index (χ1) is 7.45. The van der Waals surface area contributed by atoms with E-state index in [-0.39, 0.29) is 17.8 Å². The van der Waals surface area contributed by atoms with Crippen molar-refractivity contribution in [3.8, 4) is 5.75 Å². The molecule has 1 aromatic rings. The van der Waals surface area contributed by atoms with Gasteiger partial charge in [0.25, 0.3) is 0 Å². The van der Waals surface area contributed by atoms with E-state index in [2.05, 4.69) is 20.8 Å². The highest BCUT2D eigenvalue weighted by atomic mass is 16.3. The summed E-state index contributed by atoms with van der Waals surface area (Å²) in [6.45, 7) is 6.55. The molecule has 88 valence electrons. The maximum atomic E-state index is 9.69. The summed E-state index contributed by atoms with van der Waals surface area (Å²) in [5.41, 5.74) is 2.07. The SMILES string of the molecule is CC(C)(C)c1ccc(O)c(C=CCCO)c1. The van der Waals surface area contributed by atoms with Crippen molar-refractivity contribution >= 4 is 6.08 Å². The molecule has 2 heteroatoms. The fraction of sp³-hybridized carbons (Fsp3) is 0.429. The summed E-state index contributed by atoms with van der Waals surface area (Å²) in [5.74, 6) is 0.280. The van der Waals surface area contributed by atoms with E-state index in [0.29, 0.717) is 6.42 Å². The van der Waals surface area contributed by atoms with Crippen LogP contribution in [0.3, 0.4) is 0 Å². The fourth-order valence-electron chi connectivity index (χ4n) is 1.44. The summed E-state index contributed by atoms with van der Waals surface area (Å²) in [6.07, 6.45) is 4.32. The molecule has 0 saturated heterocycles. The highest BCUT2D eigenvalue weighted by Gasteiger charge is 2.14. The molecule has 0 aliphatic carbocycles. The van der Waals surface area contributed by atoms with Crippen molar-refractivity contribution in [3.05, 3.63) is 35.4 Å². The Kier molecular flexibility index (Phi) is 4.13. The summed E-state index contributed by atoms with van der Waals surface area (Å²) in [5, 5.41) is 18.4. The molecule has 1 aromatic carbocycles. The molecule has 0 aliphatic rings. The Labute approximate surface area is 97.2 Å². The average molecular weight is 220 g/mol. The minimum Gasteiger partial charge on any atom is -0.507 e. The maximum absolute atomic E-state index is 9.69. The maximum Gasteiger partial charge on any atom is 0.122 e. The first-order valence-electron chi connectivity index (χ1n) is 5.56. The van der Waals surface area contributed by atoms with Gasteiger partial charge in [0.2, 0.25) is 0 Å². The van der Waals surface area contributed by atoms with Gasteiger partial charge in [-0.3, -0.25) is 0 Å². The predicted molar refractivity (Wildman–Crippen MR) is 67.5 cm³/mol. The van der Waals surface area contributed by atoms with Crippen LogP contribution in [0.5, 0.6) is 5.75 Å². The van der Waals surface area contributed by atoms with Gasteiger partial charge in [0, 0.05) is 12.2 Å². The zero-order chi connectivity index (χ0) is 12.2. The van der Waals surface area contributed by atoms with E-state index in [0.717, 1.165) is 5.56 Å². The first-order valence-corrected chi connectivity index (χ1v) is 5.56. The van der Waals surface area contributed by atoms with Crippen LogP contribution in [-0.4, -0.2) is 16.8 Å². The van der Waals surface area contributed by atoms with E-state index in [4.69, 9.17) is 5.11 Å². The summed E-state index contributed by atoms with van der Waals surface area (Å²) < 4.78 is 0. The lowest BCUT2D eigenvalue weighted by atomic mass is 9.86. The number of phenolic OH excluding ortho intramolecular Hbond substituents is 1. The van der Waals surface area contributed by atoms with Crippen molar-refractivity contribution in [1.82, 2.24) is 0 Å². The van der Waals surface area contributed by atoms with Gasteiger partial charge in [0.1, 0.15) is 5.75 Å². The molecule has 0 atom stereocenters. The quantitative estimate of drug-likeness (QED) is 0.821. The van der Waals surface area contributed by atoms with Gasteiger partial charge in [0.15, 0.2) is 0 Å². The average Bonchev–Trinajstić information content (AvgIpc) is 2.19. The molecule has 2 nitrogen and oxygen atoms in total. The molecule has 0 bridgehead atoms. The second-order valence-electron chi connectivity index (χ2n) is 4.94. The highest BCUT2D eigenvalue weighted by molar-refractivity contribution is 5.58. The second-order valence-corrected chi connectivity index (χ2v) is 4.94. The van der Waals surface area contributed by atoms with E-state index in [9.17, 15) is 5.11 Å². The van der Waals surface area contributed by atoms with E-state index in [1.807, 2.05) is 24.3 Å². The lowest BCUT2D eigenvalue weighted by molar-refractivity contribution is 0.303. The predicted octanol–water partition coefficient (Wildman–Crippen LogP) is 3.09. The zero-order valence-electron chi connectivity index (χ0n) is 10.2. The standard InChI is InChI=1S/C14H20O2/c1-14(2,3)12-7-8-13(16)11(10-12)6-4-5-9-15/h4,6-8,10,15-16H,5,9H2,1-3H3. The van der Waals surface area contributed by atoms with Gasteiger partial charge in [-0.2, -0.15) is 0 Å². The normalized spacial score (nSPS) is 12.2. The van der Waals surface area contributed by atoms with Crippen LogP contribution in [0.2, 0.25) is 0 Å². The molecule has 16 heavy (non-hydrogen) atoms. The van der Waals surface area contributed by atoms with Crippen LogP contribution in [0.4, 0.5) is 0 Å². The van der Waals surface area contributed by atoms with Crippen molar-refractivity contribution < 1.29 is 10.2 Å². The third-order valence-corrected chi connectivity index (χ3v) is 2.49. The third kappa shape index (κ3) is 3.38. The lowest BCUT2D eigenvalue weighted by Gasteiger charge is -2.19. The molecular formula is C14H20O2. The smallest absolute Gasteiger partial charge is 0.122 e. The molecule has 0 aromatic heterocycles. The molecule has 0 aliphatic heterocycles. The number of aromatic hydroxyl groups is 1. The van der Waals surface area contributed by atoms with Gasteiger partial charge >= 0.3 is 0 Å². The Morgan fingerprint density at radius 1 is 1.25 bits per heavy atom. The summed E-state index contributed by atoms with van der Waals surface area (Å²) in [6, 6.07) is 5.65. The van der Waals surface area contributed by atoms with E-state index in [1.165, 1.54) is 5.56 Å². The Morgan fingerprint density at radius 3 is 2.50 bits per heavy atom. The van der Waals surface area contributed by atoms with Crippen molar-refractivity contribution in [1.29, 1.82) is 0 Å². The Morgan fingerprint density at radius 2 is 1.94 bits per heavy atom. The van der Waals surface area contributed by atoms with E-state index >= 15 is 0 Å². The number of aliphatic hydroxyl groups excluding tert-OH is 1. The van der Waals surface area contributed by atoms with Gasteiger partial charge in [0.05, 0.1) is 0 Å². The van der Waals surface area contributed by atoms with Crippen LogP contribution in [0.15, 0.2) is 24.3 Å². The molecule has 0 heterocycles. The van der Waals surface area contributed by atoms with Crippen LogP contribution in [0.25, 0.3) is 6.08 Å². The molecule has 0 saturated carbocycles. The van der Waals surface area contributed by atoms with Crippen LogP contribution < -0.4 is 0 Å². The number of rotatable bonds is 3. The van der Waals surface area contributed by atoms with Crippen molar-refractivity contribution in [2.45, 2.75) is 32.6 Å². The fourth-order valence-corrected chi connectivity index (χ4v) is 1.44. The molecule has 2 N–H and O–H groups in total. The molecule has 0 amide bonds. The van der Waals surface area contributed by atoms with Gasteiger partial charge < -0.3 is 10.2 Å². The summed E-state index contributed by atoms with van der Waals surface area (Å²) in [7, 11) is 0. The Balaban J connectivity index is 3.00. The third-order valence-electron chi connectivity index (χ3n) is 2.49. The monoisotopic (exact) mass is 220 g/mol. The topological polar surface area (TPSA) is 40.5 Å². The van der Waals surface area contributed by atoms with Gasteiger partial charge in [-0.05, 0) is 29.5 Å². The van der Waals surface area contributed by atoms with Crippen LogP contribution in [0, 0.1) is 0 Å². The number of benzene rings is 1. The minimum absolute atomic E-state index is 0.0767. The highest BCUT2D eigenvalue weighted by Crippen LogP contribution is 2.28. The molecular weight excluding hydrogens is 200 g/mol. The van der Waals surface area contributed by atoms with Crippen molar-refractivity contribution in [3.63, 3.8) is 0 Å². The van der Waals surface area contributed by atoms with Gasteiger partial charge in [-0.25, -0.2) is 0 Å². The molecule has 0 spiro atoms. The van der Waals surface area contributed by atoms with Crippen LogP contribution >= 0.6 is 0 Å². The summed E-state index contributed by atoms with van der Waals surface area (Å²) in [4.78, 5) is 0. The Hall–Kier alpha value is -1.28. The van der Waals surface area contributed by atoms with E-state index in [1.54, 1.807) is 6.07 Å². The van der Waals surface area contributed by atoms with Crippen molar-refractivity contribution in [2.75, 3.05) is 6.61 Å². The van der Waals surface area contributed by atoms with Crippen LogP contribution in [0.1, 0.15) is 38.3 Å². The molecule has 0 unspecified atom stereocenters. The Bertz CT molecular complexity index is 373. The molecule has 0 radical (unpaired) electrons.